The Labute approximate surface area is 132 Å². The first-order chi connectivity index (χ1) is 10.5. The van der Waals surface area contributed by atoms with Gasteiger partial charge in [0.2, 0.25) is 0 Å². The quantitative estimate of drug-likeness (QED) is 0.821. The largest absolute Gasteiger partial charge is 0.390 e. The smallest absolute Gasteiger partial charge is 0.0853 e. The van der Waals surface area contributed by atoms with Crippen molar-refractivity contribution in [1.82, 2.24) is 4.98 Å². The second kappa shape index (κ2) is 7.32. The second-order valence-corrected chi connectivity index (χ2v) is 6.06. The number of benzene rings is 1. The number of hydrogen-bond acceptors (Lipinski definition) is 3. The minimum absolute atomic E-state index is 0.0541. The molecule has 0 atom stereocenters. The molecule has 0 unspecified atom stereocenters. The van der Waals surface area contributed by atoms with Crippen LogP contribution in [-0.4, -0.2) is 16.3 Å². The maximum atomic E-state index is 9.17. The van der Waals surface area contributed by atoms with Crippen molar-refractivity contribution < 1.29 is 5.11 Å². The molecule has 0 aliphatic rings. The molecule has 2 aromatic rings. The lowest BCUT2D eigenvalue weighted by atomic mass is 9.93. The third-order valence-corrected chi connectivity index (χ3v) is 3.66. The number of aliphatic imine (C=N–C) groups is 1. The summed E-state index contributed by atoms with van der Waals surface area (Å²) in [6.07, 6.45) is 1.78. The van der Waals surface area contributed by atoms with E-state index < -0.39 is 0 Å². The van der Waals surface area contributed by atoms with E-state index in [0.717, 1.165) is 11.4 Å². The van der Waals surface area contributed by atoms with E-state index in [0.29, 0.717) is 17.5 Å². The molecule has 0 aliphatic heterocycles. The lowest BCUT2D eigenvalue weighted by Crippen LogP contribution is -1.97. The molecule has 0 aliphatic carbocycles. The van der Waals surface area contributed by atoms with E-state index in [1.54, 1.807) is 12.3 Å². The minimum Gasteiger partial charge on any atom is -0.390 e. The van der Waals surface area contributed by atoms with Crippen molar-refractivity contribution in [2.24, 2.45) is 4.99 Å². The highest BCUT2D eigenvalue weighted by molar-refractivity contribution is 5.80. The number of aromatic nitrogens is 1. The van der Waals surface area contributed by atoms with Crippen molar-refractivity contribution in [2.45, 2.75) is 46.1 Å². The van der Waals surface area contributed by atoms with Gasteiger partial charge < -0.3 is 5.11 Å². The highest BCUT2D eigenvalue weighted by Crippen LogP contribution is 2.34. The number of aliphatic hydroxyl groups excluding tert-OH is 1. The fraction of sp³-hybridized carbons (Fsp3) is 0.368. The van der Waals surface area contributed by atoms with E-state index in [-0.39, 0.29) is 6.61 Å². The van der Waals surface area contributed by atoms with Crippen LogP contribution in [0.2, 0.25) is 0 Å². The van der Waals surface area contributed by atoms with E-state index in [9.17, 15) is 5.11 Å². The molecule has 0 saturated heterocycles. The maximum Gasteiger partial charge on any atom is 0.0853 e. The highest BCUT2D eigenvalue weighted by atomic mass is 16.3. The van der Waals surface area contributed by atoms with Crippen molar-refractivity contribution in [3.05, 3.63) is 58.9 Å². The molecule has 116 valence electrons. The molecule has 0 saturated carbocycles. The fourth-order valence-electron chi connectivity index (χ4n) is 2.45. The number of hydrogen-bond donors (Lipinski definition) is 1. The molecule has 1 N–H and O–H groups in total. The number of para-hydroxylation sites is 1. The van der Waals surface area contributed by atoms with E-state index in [4.69, 9.17) is 4.99 Å². The minimum atomic E-state index is -0.0541. The van der Waals surface area contributed by atoms with Crippen LogP contribution in [0.4, 0.5) is 5.69 Å². The van der Waals surface area contributed by atoms with Crippen LogP contribution in [0, 0.1) is 0 Å². The average molecular weight is 296 g/mol. The van der Waals surface area contributed by atoms with Gasteiger partial charge in [-0.05, 0) is 35.1 Å². The van der Waals surface area contributed by atoms with Gasteiger partial charge in [-0.25, -0.2) is 4.98 Å². The molecule has 0 amide bonds. The Kier molecular flexibility index (Phi) is 5.45. The average Bonchev–Trinajstić information content (AvgIpc) is 2.52. The molecule has 22 heavy (non-hydrogen) atoms. The number of rotatable bonds is 5. The Morgan fingerprint density at radius 2 is 1.59 bits per heavy atom. The van der Waals surface area contributed by atoms with Gasteiger partial charge in [0.15, 0.2) is 0 Å². The summed E-state index contributed by atoms with van der Waals surface area (Å²) in [6, 6.07) is 12.0. The van der Waals surface area contributed by atoms with Crippen molar-refractivity contribution >= 4 is 11.9 Å². The van der Waals surface area contributed by atoms with E-state index in [2.05, 4.69) is 50.9 Å². The van der Waals surface area contributed by atoms with Crippen LogP contribution in [0.1, 0.15) is 62.0 Å². The summed E-state index contributed by atoms with van der Waals surface area (Å²) >= 11 is 0. The van der Waals surface area contributed by atoms with Crippen LogP contribution >= 0.6 is 0 Å². The van der Waals surface area contributed by atoms with Crippen molar-refractivity contribution in [2.75, 3.05) is 0 Å². The molecule has 0 fully saturated rings. The zero-order chi connectivity index (χ0) is 16.1. The van der Waals surface area contributed by atoms with E-state index in [1.165, 1.54) is 11.1 Å². The van der Waals surface area contributed by atoms with Gasteiger partial charge in [0.1, 0.15) is 0 Å². The maximum absolute atomic E-state index is 9.17. The topological polar surface area (TPSA) is 45.5 Å². The van der Waals surface area contributed by atoms with Crippen LogP contribution in [0.5, 0.6) is 0 Å². The predicted octanol–water partition coefficient (Wildman–Crippen LogP) is 4.57. The fourth-order valence-corrected chi connectivity index (χ4v) is 2.45. The first-order valence-electron chi connectivity index (χ1n) is 7.76. The predicted molar refractivity (Wildman–Crippen MR) is 92.0 cm³/mol. The number of pyridine rings is 1. The summed E-state index contributed by atoms with van der Waals surface area (Å²) in [7, 11) is 0. The molecule has 1 aromatic carbocycles. The van der Waals surface area contributed by atoms with E-state index in [1.807, 2.05) is 12.1 Å². The van der Waals surface area contributed by atoms with Crippen molar-refractivity contribution in [3.8, 4) is 0 Å². The van der Waals surface area contributed by atoms with Gasteiger partial charge in [0.05, 0.1) is 29.9 Å². The van der Waals surface area contributed by atoms with Gasteiger partial charge in [-0.15, -0.1) is 0 Å². The lowest BCUT2D eigenvalue weighted by molar-refractivity contribution is 0.277. The Bertz CT molecular complexity index is 634. The van der Waals surface area contributed by atoms with Crippen LogP contribution in [0.15, 0.2) is 41.4 Å². The molecular weight excluding hydrogens is 272 g/mol. The zero-order valence-electron chi connectivity index (χ0n) is 13.7. The molecule has 0 bridgehead atoms. The second-order valence-electron chi connectivity index (χ2n) is 6.06. The normalized spacial score (nSPS) is 11.8. The van der Waals surface area contributed by atoms with Gasteiger partial charge in [0.25, 0.3) is 0 Å². The monoisotopic (exact) mass is 296 g/mol. The summed E-state index contributed by atoms with van der Waals surface area (Å²) < 4.78 is 0. The Morgan fingerprint density at radius 3 is 2.14 bits per heavy atom. The van der Waals surface area contributed by atoms with Gasteiger partial charge in [-0.1, -0.05) is 52.0 Å². The Balaban J connectivity index is 2.44. The van der Waals surface area contributed by atoms with Crippen LogP contribution in [0.3, 0.4) is 0 Å². The van der Waals surface area contributed by atoms with Gasteiger partial charge in [0, 0.05) is 0 Å². The molecular formula is C19H24N2O. The summed E-state index contributed by atoms with van der Waals surface area (Å²) in [5.74, 6) is 0.838. The number of nitrogens with zero attached hydrogens (tertiary/aromatic N) is 2. The molecule has 1 aromatic heterocycles. The molecule has 2 rings (SSSR count). The number of aliphatic hydroxyl groups is 1. The molecule has 0 spiro atoms. The summed E-state index contributed by atoms with van der Waals surface area (Å²) in [5, 5.41) is 9.17. The third kappa shape index (κ3) is 3.80. The van der Waals surface area contributed by atoms with E-state index >= 15 is 0 Å². The lowest BCUT2D eigenvalue weighted by Gasteiger charge is -2.16. The van der Waals surface area contributed by atoms with Gasteiger partial charge in [-0.2, -0.15) is 0 Å². The molecule has 1 heterocycles. The first kappa shape index (κ1) is 16.4. The van der Waals surface area contributed by atoms with Crippen LogP contribution in [-0.2, 0) is 6.61 Å². The van der Waals surface area contributed by atoms with Crippen LogP contribution < -0.4 is 0 Å². The SMILES string of the molecule is CC(C)c1cccc(C(C)C)c1N=Cc1cccc(CO)n1. The molecule has 0 radical (unpaired) electrons. The summed E-state index contributed by atoms with van der Waals surface area (Å²) in [4.78, 5) is 9.08. The molecule has 3 nitrogen and oxygen atoms in total. The van der Waals surface area contributed by atoms with Crippen molar-refractivity contribution in [1.29, 1.82) is 0 Å². The highest BCUT2D eigenvalue weighted by Gasteiger charge is 2.12. The standard InChI is InChI=1S/C19H24N2O/c1-13(2)17-9-6-10-18(14(3)4)19(17)20-11-15-7-5-8-16(12-22)21-15/h5-11,13-14,22H,12H2,1-4H3. The van der Waals surface area contributed by atoms with Crippen molar-refractivity contribution in [3.63, 3.8) is 0 Å². The van der Waals surface area contributed by atoms with Crippen LogP contribution in [0.25, 0.3) is 0 Å². The van der Waals surface area contributed by atoms with Gasteiger partial charge in [-0.3, -0.25) is 4.99 Å². The Morgan fingerprint density at radius 1 is 1.00 bits per heavy atom. The third-order valence-electron chi connectivity index (χ3n) is 3.66. The summed E-state index contributed by atoms with van der Waals surface area (Å²) in [5.41, 5.74) is 4.97. The molecule has 3 heteroatoms. The summed E-state index contributed by atoms with van der Waals surface area (Å²) in [6.45, 7) is 8.68. The van der Waals surface area contributed by atoms with Gasteiger partial charge >= 0.3 is 0 Å². The first-order valence-corrected chi connectivity index (χ1v) is 7.76. The zero-order valence-corrected chi connectivity index (χ0v) is 13.7. The Hall–Kier alpha value is -2.00.